The minimum Gasteiger partial charge on any atom is -0.339 e. The summed E-state index contributed by atoms with van der Waals surface area (Å²) in [4.78, 5) is 9.84. The lowest BCUT2D eigenvalue weighted by atomic mass is 10.1. The molecule has 0 amide bonds. The van der Waals surface area contributed by atoms with E-state index in [0.717, 1.165) is 23.3 Å². The molecule has 3 heteroatoms. The maximum Gasteiger partial charge on any atom is 0.137 e. The molecule has 0 spiro atoms. The van der Waals surface area contributed by atoms with Crippen LogP contribution in [0.15, 0.2) is 48.7 Å². The van der Waals surface area contributed by atoms with E-state index in [4.69, 9.17) is 0 Å². The molecule has 0 bridgehead atoms. The summed E-state index contributed by atoms with van der Waals surface area (Å²) in [7, 11) is 4.16. The molecule has 3 nitrogen and oxygen atoms in total. The molecule has 2 heterocycles. The number of nitrogens with one attached hydrogen (secondary N) is 1. The van der Waals surface area contributed by atoms with E-state index in [1.165, 1.54) is 11.1 Å². The summed E-state index contributed by atoms with van der Waals surface area (Å²) >= 11 is 0. The number of aromatic amines is 1. The van der Waals surface area contributed by atoms with Gasteiger partial charge in [0.2, 0.25) is 0 Å². The summed E-state index contributed by atoms with van der Waals surface area (Å²) in [6.45, 7) is 0.967. The first-order valence-electron chi connectivity index (χ1n) is 6.40. The highest BCUT2D eigenvalue weighted by Crippen LogP contribution is 2.23. The van der Waals surface area contributed by atoms with E-state index < -0.39 is 0 Å². The highest BCUT2D eigenvalue weighted by Gasteiger charge is 2.04. The van der Waals surface area contributed by atoms with Crippen LogP contribution in [0, 0.1) is 0 Å². The highest BCUT2D eigenvalue weighted by atomic mass is 15.0. The van der Waals surface area contributed by atoms with Crippen molar-refractivity contribution in [1.29, 1.82) is 0 Å². The Kier molecular flexibility index (Phi) is 3.05. The highest BCUT2D eigenvalue weighted by molar-refractivity contribution is 5.82. The number of fused-ring (bicyclic) bond motifs is 1. The van der Waals surface area contributed by atoms with Crippen LogP contribution < -0.4 is 0 Å². The number of hydrogen-bond donors (Lipinski definition) is 1. The summed E-state index contributed by atoms with van der Waals surface area (Å²) in [5, 5.41) is 1.15. The SMILES string of the molecule is CN(C)Cc1ccc(-c2cc3cccnc3[nH]2)cc1. The second kappa shape index (κ2) is 4.86. The van der Waals surface area contributed by atoms with Gasteiger partial charge in [0, 0.05) is 23.8 Å². The van der Waals surface area contributed by atoms with Crippen molar-refractivity contribution in [2.24, 2.45) is 0 Å². The minimum absolute atomic E-state index is 0.940. The van der Waals surface area contributed by atoms with Crippen LogP contribution in [0.3, 0.4) is 0 Å². The molecule has 0 saturated heterocycles. The lowest BCUT2D eigenvalue weighted by Gasteiger charge is -2.09. The van der Waals surface area contributed by atoms with Gasteiger partial charge in [0.15, 0.2) is 0 Å². The van der Waals surface area contributed by atoms with Gasteiger partial charge in [-0.15, -0.1) is 0 Å². The van der Waals surface area contributed by atoms with Gasteiger partial charge in [0.1, 0.15) is 5.65 Å². The molecule has 1 aromatic carbocycles. The predicted molar refractivity (Wildman–Crippen MR) is 78.9 cm³/mol. The molecule has 0 fully saturated rings. The van der Waals surface area contributed by atoms with Gasteiger partial charge in [-0.3, -0.25) is 0 Å². The Morgan fingerprint density at radius 1 is 1.11 bits per heavy atom. The van der Waals surface area contributed by atoms with E-state index in [1.807, 2.05) is 12.3 Å². The number of H-pyrrole nitrogens is 1. The zero-order chi connectivity index (χ0) is 13.2. The minimum atomic E-state index is 0.940. The Labute approximate surface area is 112 Å². The molecule has 0 aliphatic heterocycles. The molecule has 0 unspecified atom stereocenters. The molecule has 0 saturated carbocycles. The molecule has 19 heavy (non-hydrogen) atoms. The van der Waals surface area contributed by atoms with Crippen LogP contribution in [0.5, 0.6) is 0 Å². The van der Waals surface area contributed by atoms with Crippen LogP contribution in [-0.4, -0.2) is 29.0 Å². The van der Waals surface area contributed by atoms with E-state index in [9.17, 15) is 0 Å². The summed E-state index contributed by atoms with van der Waals surface area (Å²) < 4.78 is 0. The van der Waals surface area contributed by atoms with Gasteiger partial charge >= 0.3 is 0 Å². The first-order chi connectivity index (χ1) is 9.22. The third-order valence-corrected chi connectivity index (χ3v) is 3.16. The molecule has 1 N–H and O–H groups in total. The third-order valence-electron chi connectivity index (χ3n) is 3.16. The van der Waals surface area contributed by atoms with Crippen molar-refractivity contribution in [3.05, 3.63) is 54.2 Å². The van der Waals surface area contributed by atoms with Gasteiger partial charge in [0.25, 0.3) is 0 Å². The monoisotopic (exact) mass is 251 g/mol. The zero-order valence-electron chi connectivity index (χ0n) is 11.2. The Morgan fingerprint density at radius 3 is 2.58 bits per heavy atom. The molecule has 0 aliphatic rings. The van der Waals surface area contributed by atoms with Crippen LogP contribution in [0.25, 0.3) is 22.3 Å². The van der Waals surface area contributed by atoms with E-state index in [-0.39, 0.29) is 0 Å². The van der Waals surface area contributed by atoms with Crippen LogP contribution >= 0.6 is 0 Å². The van der Waals surface area contributed by atoms with Gasteiger partial charge in [0.05, 0.1) is 0 Å². The second-order valence-electron chi connectivity index (χ2n) is 5.06. The predicted octanol–water partition coefficient (Wildman–Crippen LogP) is 3.29. The Bertz CT molecular complexity index is 648. The zero-order valence-corrected chi connectivity index (χ0v) is 11.2. The molecule has 0 atom stereocenters. The Balaban J connectivity index is 1.93. The lowest BCUT2D eigenvalue weighted by Crippen LogP contribution is -2.10. The van der Waals surface area contributed by atoms with Crippen molar-refractivity contribution in [2.75, 3.05) is 14.1 Å². The van der Waals surface area contributed by atoms with E-state index in [2.05, 4.69) is 65.4 Å². The quantitative estimate of drug-likeness (QED) is 0.774. The number of nitrogens with zero attached hydrogens (tertiary/aromatic N) is 2. The van der Waals surface area contributed by atoms with Crippen LogP contribution in [0.1, 0.15) is 5.56 Å². The number of pyridine rings is 1. The number of rotatable bonds is 3. The maximum absolute atomic E-state index is 4.32. The van der Waals surface area contributed by atoms with Gasteiger partial charge in [-0.25, -0.2) is 4.98 Å². The first kappa shape index (κ1) is 11.9. The molecule has 0 radical (unpaired) electrons. The number of benzene rings is 1. The van der Waals surface area contributed by atoms with Crippen molar-refractivity contribution in [3.8, 4) is 11.3 Å². The summed E-state index contributed by atoms with van der Waals surface area (Å²) in [6.07, 6.45) is 1.81. The van der Waals surface area contributed by atoms with Gasteiger partial charge in [-0.2, -0.15) is 0 Å². The fourth-order valence-corrected chi connectivity index (χ4v) is 2.27. The van der Waals surface area contributed by atoms with Crippen LogP contribution in [-0.2, 0) is 6.54 Å². The van der Waals surface area contributed by atoms with Crippen molar-refractivity contribution in [1.82, 2.24) is 14.9 Å². The van der Waals surface area contributed by atoms with Crippen molar-refractivity contribution < 1.29 is 0 Å². The molecular weight excluding hydrogens is 234 g/mol. The van der Waals surface area contributed by atoms with Gasteiger partial charge < -0.3 is 9.88 Å². The lowest BCUT2D eigenvalue weighted by molar-refractivity contribution is 0.402. The normalized spacial score (nSPS) is 11.3. The standard InChI is InChI=1S/C16H17N3/c1-19(2)11-12-5-7-13(8-6-12)15-10-14-4-3-9-17-16(14)18-15/h3-10H,11H2,1-2H3,(H,17,18). The van der Waals surface area contributed by atoms with Crippen molar-refractivity contribution in [3.63, 3.8) is 0 Å². The van der Waals surface area contributed by atoms with E-state index in [0.29, 0.717) is 0 Å². The summed E-state index contributed by atoms with van der Waals surface area (Å²) in [5.41, 5.74) is 4.57. The molecule has 2 aromatic heterocycles. The van der Waals surface area contributed by atoms with Crippen LogP contribution in [0.4, 0.5) is 0 Å². The number of hydrogen-bond acceptors (Lipinski definition) is 2. The van der Waals surface area contributed by atoms with Crippen LogP contribution in [0.2, 0.25) is 0 Å². The third kappa shape index (κ3) is 2.51. The van der Waals surface area contributed by atoms with Crippen molar-refractivity contribution >= 4 is 11.0 Å². The second-order valence-corrected chi connectivity index (χ2v) is 5.06. The smallest absolute Gasteiger partial charge is 0.137 e. The molecule has 3 rings (SSSR count). The number of aromatic nitrogens is 2. The maximum atomic E-state index is 4.32. The topological polar surface area (TPSA) is 31.9 Å². The fourth-order valence-electron chi connectivity index (χ4n) is 2.27. The first-order valence-corrected chi connectivity index (χ1v) is 6.40. The average Bonchev–Trinajstić information content (AvgIpc) is 2.82. The Morgan fingerprint density at radius 2 is 1.89 bits per heavy atom. The molecule has 0 aliphatic carbocycles. The van der Waals surface area contributed by atoms with Crippen molar-refractivity contribution in [2.45, 2.75) is 6.54 Å². The summed E-state index contributed by atoms with van der Waals surface area (Å²) in [6, 6.07) is 14.8. The van der Waals surface area contributed by atoms with E-state index in [1.54, 1.807) is 0 Å². The van der Waals surface area contributed by atoms with E-state index >= 15 is 0 Å². The van der Waals surface area contributed by atoms with Gasteiger partial charge in [-0.05, 0) is 43.4 Å². The fraction of sp³-hybridized carbons (Fsp3) is 0.188. The molecule has 96 valence electrons. The molecular formula is C16H17N3. The molecule has 3 aromatic rings. The summed E-state index contributed by atoms with van der Waals surface area (Å²) in [5.74, 6) is 0. The average molecular weight is 251 g/mol. The largest absolute Gasteiger partial charge is 0.339 e. The van der Waals surface area contributed by atoms with Gasteiger partial charge in [-0.1, -0.05) is 24.3 Å². The Hall–Kier alpha value is -2.13.